The van der Waals surface area contributed by atoms with E-state index in [1.165, 1.54) is 12.0 Å². The Labute approximate surface area is 186 Å². The number of ether oxygens (including phenoxy) is 1. The summed E-state index contributed by atoms with van der Waals surface area (Å²) in [5, 5.41) is 27.2. The third-order valence-corrected chi connectivity index (χ3v) is 5.45. The summed E-state index contributed by atoms with van der Waals surface area (Å²) >= 11 is 0. The largest absolute Gasteiger partial charge is 0.504 e. The van der Waals surface area contributed by atoms with Gasteiger partial charge in [-0.3, -0.25) is 0 Å². The molecular formula is C24H30N5O3+3. The standard InChI is InChI=1S/C24H27N5O3/c1-28(2)12-11-25-24(31)18-6-4-5-17(13-18)20-15-26-23-10-8-19(27-29(20)23)16-7-9-21(30)22(14-16)32-3/h4-10,13-15,24-25,30-31H,11-12H2,1-3H3/p+3/t24-/m1/s1. The second-order valence-electron chi connectivity index (χ2n) is 8.13. The minimum Gasteiger partial charge on any atom is -0.504 e. The molecule has 0 fully saturated rings. The van der Waals surface area contributed by atoms with E-state index in [4.69, 9.17) is 9.84 Å². The van der Waals surface area contributed by atoms with Gasteiger partial charge in [0.25, 0.3) is 0 Å². The number of likely N-dealkylation sites (N-methyl/N-ethyl adjacent to an activating group) is 1. The van der Waals surface area contributed by atoms with Crippen LogP contribution in [0.5, 0.6) is 11.5 Å². The molecule has 1 atom stereocenters. The van der Waals surface area contributed by atoms with Crippen molar-refractivity contribution >= 4 is 5.65 Å². The van der Waals surface area contributed by atoms with Gasteiger partial charge in [0.2, 0.25) is 11.9 Å². The maximum atomic E-state index is 10.6. The fourth-order valence-electron chi connectivity index (χ4n) is 3.66. The molecule has 0 saturated carbocycles. The van der Waals surface area contributed by atoms with Crippen LogP contribution in [0.2, 0.25) is 0 Å². The van der Waals surface area contributed by atoms with E-state index in [9.17, 15) is 10.2 Å². The lowest BCUT2D eigenvalue weighted by Gasteiger charge is -2.12. The normalized spacial score (nSPS) is 12.4. The van der Waals surface area contributed by atoms with Gasteiger partial charge in [0.05, 0.1) is 21.2 Å². The van der Waals surface area contributed by atoms with Gasteiger partial charge in [0.15, 0.2) is 11.5 Å². The second kappa shape index (κ2) is 9.35. The number of nitrogens with one attached hydrogen (secondary N) is 2. The first-order valence-corrected chi connectivity index (χ1v) is 10.6. The van der Waals surface area contributed by atoms with Crippen molar-refractivity contribution in [2.75, 3.05) is 34.3 Å². The molecule has 0 aliphatic rings. The maximum absolute atomic E-state index is 10.6. The minimum atomic E-state index is -0.613. The third-order valence-electron chi connectivity index (χ3n) is 5.45. The Kier molecular flexibility index (Phi) is 6.36. The zero-order valence-electron chi connectivity index (χ0n) is 18.5. The number of aromatic hydroxyl groups is 1. The number of fused-ring (bicyclic) bond motifs is 1. The van der Waals surface area contributed by atoms with E-state index >= 15 is 0 Å². The highest BCUT2D eigenvalue weighted by Crippen LogP contribution is 2.31. The third kappa shape index (κ3) is 4.57. The molecule has 0 bridgehead atoms. The molecule has 166 valence electrons. The second-order valence-corrected chi connectivity index (χ2v) is 8.13. The molecule has 32 heavy (non-hydrogen) atoms. The van der Waals surface area contributed by atoms with E-state index in [-0.39, 0.29) is 5.75 Å². The lowest BCUT2D eigenvalue weighted by atomic mass is 10.1. The predicted molar refractivity (Wildman–Crippen MR) is 120 cm³/mol. The molecular weight excluding hydrogens is 406 g/mol. The van der Waals surface area contributed by atoms with Crippen LogP contribution >= 0.6 is 0 Å². The van der Waals surface area contributed by atoms with Crippen LogP contribution in [0, 0.1) is 0 Å². The van der Waals surface area contributed by atoms with Crippen molar-refractivity contribution in [1.29, 1.82) is 0 Å². The number of hydrogen-bond acceptors (Lipinski definition) is 4. The maximum Gasteiger partial charge on any atom is 0.305 e. The number of nitrogens with two attached hydrogens (primary N) is 1. The van der Waals surface area contributed by atoms with Crippen molar-refractivity contribution in [2.24, 2.45) is 0 Å². The van der Waals surface area contributed by atoms with Gasteiger partial charge in [-0.1, -0.05) is 27.8 Å². The van der Waals surface area contributed by atoms with Crippen molar-refractivity contribution in [3.05, 3.63) is 66.4 Å². The minimum absolute atomic E-state index is 0.0893. The first kappa shape index (κ1) is 21.8. The summed E-state index contributed by atoms with van der Waals surface area (Å²) in [6, 6.07) is 16.9. The number of aromatic amines is 1. The van der Waals surface area contributed by atoms with Crippen LogP contribution in [0.3, 0.4) is 0 Å². The fourth-order valence-corrected chi connectivity index (χ4v) is 3.66. The number of phenols is 1. The zero-order chi connectivity index (χ0) is 22.7. The summed E-state index contributed by atoms with van der Waals surface area (Å²) in [5.74, 6) is 0.490. The molecule has 8 nitrogen and oxygen atoms in total. The van der Waals surface area contributed by atoms with Crippen LogP contribution in [0.15, 0.2) is 60.8 Å². The summed E-state index contributed by atoms with van der Waals surface area (Å²) in [5.41, 5.74) is 5.13. The number of H-pyrrole nitrogens is 1. The Balaban J connectivity index is 1.66. The smallest absolute Gasteiger partial charge is 0.305 e. The highest BCUT2D eigenvalue weighted by Gasteiger charge is 2.19. The highest BCUT2D eigenvalue weighted by molar-refractivity contribution is 5.66. The van der Waals surface area contributed by atoms with Crippen molar-refractivity contribution in [3.63, 3.8) is 0 Å². The number of benzene rings is 2. The number of methoxy groups -OCH3 is 1. The molecule has 0 amide bonds. The first-order valence-electron chi connectivity index (χ1n) is 10.6. The first-order chi connectivity index (χ1) is 15.5. The van der Waals surface area contributed by atoms with E-state index in [1.807, 2.05) is 52.4 Å². The Morgan fingerprint density at radius 2 is 1.97 bits per heavy atom. The van der Waals surface area contributed by atoms with E-state index in [2.05, 4.69) is 19.1 Å². The van der Waals surface area contributed by atoms with Crippen molar-refractivity contribution in [1.82, 2.24) is 9.61 Å². The molecule has 0 spiro atoms. The Bertz CT molecular complexity index is 1220. The van der Waals surface area contributed by atoms with Gasteiger partial charge in [-0.05, 0) is 30.3 Å². The SMILES string of the molecule is COc1cc(-c2ccc3[nH+]cc(-c4cccc([C@@H](O)[NH2+]CC[NH+](C)C)c4)n3n2)ccc1O. The summed E-state index contributed by atoms with van der Waals surface area (Å²) in [7, 11) is 5.73. The van der Waals surface area contributed by atoms with Gasteiger partial charge < -0.3 is 25.2 Å². The van der Waals surface area contributed by atoms with Gasteiger partial charge in [-0.2, -0.15) is 0 Å². The molecule has 0 aliphatic carbocycles. The summed E-state index contributed by atoms with van der Waals surface area (Å²) in [6.07, 6.45) is 1.30. The summed E-state index contributed by atoms with van der Waals surface area (Å²) in [6.45, 7) is 1.82. The van der Waals surface area contributed by atoms with Crippen LogP contribution in [-0.2, 0) is 0 Å². The monoisotopic (exact) mass is 436 g/mol. The number of phenolic OH excluding ortho intramolecular Hbond substituents is 1. The number of aromatic nitrogens is 3. The van der Waals surface area contributed by atoms with Crippen molar-refractivity contribution in [3.8, 4) is 34.0 Å². The predicted octanol–water partition coefficient (Wildman–Crippen LogP) is -0.105. The van der Waals surface area contributed by atoms with Crippen molar-refractivity contribution in [2.45, 2.75) is 6.23 Å². The molecule has 0 unspecified atom stereocenters. The quantitative estimate of drug-likeness (QED) is 0.290. The summed E-state index contributed by atoms with van der Waals surface area (Å²) in [4.78, 5) is 4.61. The van der Waals surface area contributed by atoms with Gasteiger partial charge in [-0.15, -0.1) is 0 Å². The Morgan fingerprint density at radius 3 is 2.75 bits per heavy atom. The lowest BCUT2D eigenvalue weighted by Crippen LogP contribution is -3.09. The molecule has 4 rings (SSSR count). The number of aliphatic hydroxyl groups excluding tert-OH is 1. The van der Waals surface area contributed by atoms with Crippen LogP contribution in [0.4, 0.5) is 0 Å². The molecule has 2 aromatic heterocycles. The van der Waals surface area contributed by atoms with Gasteiger partial charge in [-0.25, -0.2) is 4.98 Å². The number of aliphatic hydroxyl groups is 1. The van der Waals surface area contributed by atoms with E-state index in [0.717, 1.165) is 46.8 Å². The molecule has 2 heterocycles. The molecule has 0 saturated heterocycles. The number of hydrogen-bond donors (Lipinski definition) is 4. The van der Waals surface area contributed by atoms with E-state index < -0.39 is 6.23 Å². The fraction of sp³-hybridized carbons (Fsp3) is 0.250. The summed E-state index contributed by atoms with van der Waals surface area (Å²) < 4.78 is 7.08. The van der Waals surface area contributed by atoms with Crippen LogP contribution in [-0.4, -0.2) is 54.1 Å². The van der Waals surface area contributed by atoms with Gasteiger partial charge in [0, 0.05) is 22.8 Å². The Morgan fingerprint density at radius 1 is 1.12 bits per heavy atom. The molecule has 0 aliphatic heterocycles. The van der Waals surface area contributed by atoms with Gasteiger partial charge >= 0.3 is 5.65 Å². The molecule has 8 heteroatoms. The van der Waals surface area contributed by atoms with Crippen LogP contribution in [0.1, 0.15) is 11.8 Å². The molecule has 0 radical (unpaired) electrons. The number of imidazole rings is 1. The van der Waals surface area contributed by atoms with Crippen molar-refractivity contribution < 1.29 is 30.2 Å². The Hall–Kier alpha value is -3.46. The molecule has 4 aromatic rings. The zero-order valence-corrected chi connectivity index (χ0v) is 18.5. The average molecular weight is 437 g/mol. The number of rotatable bonds is 8. The number of nitrogens with zero attached hydrogens (tertiary/aromatic N) is 2. The van der Waals surface area contributed by atoms with Gasteiger partial charge in [0.1, 0.15) is 25.0 Å². The van der Waals surface area contributed by atoms with Crippen LogP contribution in [0.25, 0.3) is 28.2 Å². The topological polar surface area (TPSA) is 102 Å². The number of quaternary nitrogens is 2. The van der Waals surface area contributed by atoms with E-state index in [0.29, 0.717) is 5.75 Å². The average Bonchev–Trinajstić information content (AvgIpc) is 3.22. The highest BCUT2D eigenvalue weighted by atomic mass is 16.5. The van der Waals surface area contributed by atoms with E-state index in [1.54, 1.807) is 18.2 Å². The molecule has 6 N–H and O–H groups in total. The lowest BCUT2D eigenvalue weighted by molar-refractivity contribution is -0.881. The molecule has 2 aromatic carbocycles. The van der Waals surface area contributed by atoms with Crippen LogP contribution < -0.4 is 19.9 Å².